The summed E-state index contributed by atoms with van der Waals surface area (Å²) in [5, 5.41) is 10.8. The Hall–Kier alpha value is -10.8. The van der Waals surface area contributed by atoms with Crippen molar-refractivity contribution < 1.29 is 13.3 Å². The summed E-state index contributed by atoms with van der Waals surface area (Å²) in [5.74, 6) is 0. The van der Waals surface area contributed by atoms with Crippen LogP contribution in [0.2, 0.25) is 0 Å². The number of nitrogens with zero attached hydrogens (tertiary/aromatic N) is 4. The zero-order valence-corrected chi connectivity index (χ0v) is 56.1. The van der Waals surface area contributed by atoms with Gasteiger partial charge in [0.1, 0.15) is 33.5 Å². The molecule has 0 amide bonds. The predicted octanol–water partition coefficient (Wildman–Crippen LogP) is 25.7. The van der Waals surface area contributed by atoms with Crippen molar-refractivity contribution in [3.63, 3.8) is 0 Å². The summed E-state index contributed by atoms with van der Waals surface area (Å²) < 4.78 is 25.7. The smallest absolute Gasteiger partial charge is 0.137 e. The van der Waals surface area contributed by atoms with E-state index in [2.05, 4.69) is 345 Å². The minimum absolute atomic E-state index is 0.0394. The molecular formula is C88H76N4O3. The number of fused-ring (bicyclic) bond motifs is 15. The van der Waals surface area contributed by atoms with Crippen LogP contribution in [0, 0.1) is 0 Å². The lowest BCUT2D eigenvalue weighted by Gasteiger charge is -2.27. The molecule has 0 N–H and O–H groups in total. The Balaban J connectivity index is 0.755. The van der Waals surface area contributed by atoms with E-state index in [-0.39, 0.29) is 21.7 Å². The molecule has 0 unspecified atom stereocenters. The number of para-hydroxylation sites is 4. The highest BCUT2D eigenvalue weighted by Crippen LogP contribution is 2.47. The van der Waals surface area contributed by atoms with Gasteiger partial charge < -0.3 is 32.2 Å². The maximum atomic E-state index is 6.95. The van der Waals surface area contributed by atoms with Gasteiger partial charge in [-0.25, -0.2) is 0 Å². The lowest BCUT2D eigenvalue weighted by Crippen LogP contribution is -2.17. The number of aromatic nitrogens is 2. The number of rotatable bonds is 8. The molecular weight excluding hydrogens is 1160 g/mol. The van der Waals surface area contributed by atoms with Crippen LogP contribution in [-0.2, 0) is 21.7 Å². The Kier molecular flexibility index (Phi) is 12.8. The zero-order valence-electron chi connectivity index (χ0n) is 56.1. The van der Waals surface area contributed by atoms with Crippen molar-refractivity contribution >= 4 is 144 Å². The van der Waals surface area contributed by atoms with Crippen molar-refractivity contribution in [1.82, 2.24) is 9.13 Å². The highest BCUT2D eigenvalue weighted by atomic mass is 16.3. The number of hydrogen-bond acceptors (Lipinski definition) is 5. The first-order valence-electron chi connectivity index (χ1n) is 33.4. The Morgan fingerprint density at radius 2 is 0.495 bits per heavy atom. The average Bonchev–Trinajstić information content (AvgIpc) is 1.60. The molecule has 17 rings (SSSR count). The van der Waals surface area contributed by atoms with Crippen LogP contribution in [0.3, 0.4) is 0 Å². The van der Waals surface area contributed by atoms with Gasteiger partial charge in [-0.15, -0.1) is 0 Å². The van der Waals surface area contributed by atoms with Crippen molar-refractivity contribution in [2.75, 3.05) is 9.80 Å². The van der Waals surface area contributed by atoms with Gasteiger partial charge in [0.15, 0.2) is 0 Å². The first-order valence-corrected chi connectivity index (χ1v) is 33.4. The number of benzene rings is 12. The van der Waals surface area contributed by atoms with Gasteiger partial charge in [-0.2, -0.15) is 0 Å². The zero-order chi connectivity index (χ0) is 65.2. The number of furan rings is 3. The van der Waals surface area contributed by atoms with E-state index in [1.165, 1.54) is 66.2 Å². The third-order valence-electron chi connectivity index (χ3n) is 19.8. The molecule has 5 heterocycles. The summed E-state index contributed by atoms with van der Waals surface area (Å²) in [6.45, 7) is 27.7. The van der Waals surface area contributed by atoms with Crippen molar-refractivity contribution in [2.24, 2.45) is 0 Å². The van der Waals surface area contributed by atoms with E-state index in [1.807, 2.05) is 0 Å². The van der Waals surface area contributed by atoms with E-state index in [0.29, 0.717) is 0 Å². The quantitative estimate of drug-likeness (QED) is 0.152. The van der Waals surface area contributed by atoms with Crippen LogP contribution >= 0.6 is 0 Å². The summed E-state index contributed by atoms with van der Waals surface area (Å²) in [7, 11) is 0. The second-order valence-electron chi connectivity index (χ2n) is 30.3. The Morgan fingerprint density at radius 3 is 0.832 bits per heavy atom. The van der Waals surface area contributed by atoms with Gasteiger partial charge in [-0.3, -0.25) is 0 Å². The molecule has 7 nitrogen and oxygen atoms in total. The highest BCUT2D eigenvalue weighted by molar-refractivity contribution is 6.19. The minimum atomic E-state index is -0.0394. The number of hydrogen-bond donors (Lipinski definition) is 0. The molecule has 0 fully saturated rings. The third-order valence-corrected chi connectivity index (χ3v) is 19.8. The van der Waals surface area contributed by atoms with Crippen LogP contribution in [0.15, 0.2) is 256 Å². The van der Waals surface area contributed by atoms with Crippen LogP contribution in [0.4, 0.5) is 34.1 Å². The molecule has 0 spiro atoms. The molecule has 466 valence electrons. The molecule has 0 radical (unpaired) electrons. The van der Waals surface area contributed by atoms with Gasteiger partial charge in [-0.05, 0) is 177 Å². The highest BCUT2D eigenvalue weighted by Gasteiger charge is 2.28. The van der Waals surface area contributed by atoms with Crippen LogP contribution in [0.1, 0.15) is 105 Å². The van der Waals surface area contributed by atoms with Gasteiger partial charge >= 0.3 is 0 Å². The molecule has 95 heavy (non-hydrogen) atoms. The van der Waals surface area contributed by atoms with Gasteiger partial charge in [0.2, 0.25) is 0 Å². The Bertz CT molecular complexity index is 5530. The van der Waals surface area contributed by atoms with Crippen molar-refractivity contribution in [3.05, 3.63) is 265 Å². The topological polar surface area (TPSA) is 55.8 Å². The van der Waals surface area contributed by atoms with Crippen molar-refractivity contribution in [1.29, 1.82) is 0 Å². The summed E-state index contributed by atoms with van der Waals surface area (Å²) in [5.41, 5.74) is 23.0. The normalized spacial score (nSPS) is 12.8. The molecule has 0 aliphatic heterocycles. The summed E-state index contributed by atoms with van der Waals surface area (Å²) in [6, 6.07) is 88.9. The van der Waals surface area contributed by atoms with Gasteiger partial charge in [0, 0.05) is 111 Å². The van der Waals surface area contributed by atoms with Crippen LogP contribution < -0.4 is 9.80 Å². The summed E-state index contributed by atoms with van der Waals surface area (Å²) >= 11 is 0. The van der Waals surface area contributed by atoms with Crippen LogP contribution in [0.5, 0.6) is 0 Å². The van der Waals surface area contributed by atoms with Crippen molar-refractivity contribution in [3.8, 4) is 11.4 Å². The molecule has 0 aliphatic carbocycles. The Labute approximate surface area is 553 Å². The van der Waals surface area contributed by atoms with E-state index in [0.717, 1.165) is 111 Å². The standard InChI is InChI=1S/C88H76N4O3/c1-85(2,3)53-39-54(86(4,5)6)42-63(41-53)91-75-29-21-19-27-65(75)67-35-31-59(45-77(67)91)89(57-23-15-13-16-24-57)61-33-37-69-71-49-83-73(51-81(71)93-79(69)47-61)74-52-82-72(50-84(74)95-83)70-38-34-62(48-80(70)94-82)90(58-25-17-14-18-26-58)60-32-36-68-66-28-20-22-30-76(66)92(78(68)46-60)64-43-55(87(7,8)9)40-56(44-64)88(10,11)12/h13-52H,1-12H3. The van der Waals surface area contributed by atoms with Crippen LogP contribution in [-0.4, -0.2) is 9.13 Å². The lowest BCUT2D eigenvalue weighted by molar-refractivity contribution is 0.567. The largest absolute Gasteiger partial charge is 0.456 e. The van der Waals surface area contributed by atoms with Gasteiger partial charge in [-0.1, -0.05) is 180 Å². The van der Waals surface area contributed by atoms with Gasteiger partial charge in [0.05, 0.1) is 22.1 Å². The fraction of sp³-hybridized carbons (Fsp3) is 0.182. The van der Waals surface area contributed by atoms with E-state index >= 15 is 0 Å². The second kappa shape index (κ2) is 20.9. The molecule has 0 aliphatic rings. The molecule has 0 bridgehead atoms. The lowest BCUT2D eigenvalue weighted by atomic mass is 9.80. The van der Waals surface area contributed by atoms with Gasteiger partial charge in [0.25, 0.3) is 0 Å². The molecule has 0 saturated heterocycles. The van der Waals surface area contributed by atoms with Crippen LogP contribution in [0.25, 0.3) is 121 Å². The fourth-order valence-corrected chi connectivity index (χ4v) is 14.6. The summed E-state index contributed by atoms with van der Waals surface area (Å²) in [6.07, 6.45) is 0. The SMILES string of the molecule is CC(C)(C)c1cc(-n2c3ccccc3c3ccc(N(c4ccccc4)c4ccc5c(c4)oc4cc6c(cc45)oc4cc5c(cc46)oc4cc(N(c6ccccc6)c6ccc7c8ccccc8n(-c8cc(C(C)(C)C)cc(C(C)(C)C)c8)c7c6)ccc45)cc32)cc(C(C)(C)C)c1. The molecule has 5 aromatic heterocycles. The maximum absolute atomic E-state index is 6.95. The molecule has 0 atom stereocenters. The predicted molar refractivity (Wildman–Crippen MR) is 401 cm³/mol. The maximum Gasteiger partial charge on any atom is 0.137 e. The third kappa shape index (κ3) is 9.60. The molecule has 17 aromatic rings. The second-order valence-corrected chi connectivity index (χ2v) is 30.3. The monoisotopic (exact) mass is 1240 g/mol. The molecule has 12 aromatic carbocycles. The summed E-state index contributed by atoms with van der Waals surface area (Å²) in [4.78, 5) is 4.69. The molecule has 7 heteroatoms. The first kappa shape index (κ1) is 58.1. The van der Waals surface area contributed by atoms with Crippen molar-refractivity contribution in [2.45, 2.75) is 105 Å². The molecule has 0 saturated carbocycles. The first-order chi connectivity index (χ1) is 45.6. The van der Waals surface area contributed by atoms with E-state index in [9.17, 15) is 0 Å². The number of anilines is 6. The minimum Gasteiger partial charge on any atom is -0.456 e. The fourth-order valence-electron chi connectivity index (χ4n) is 14.6. The Morgan fingerprint density at radius 1 is 0.221 bits per heavy atom. The van der Waals surface area contributed by atoms with E-state index in [1.54, 1.807) is 0 Å². The van der Waals surface area contributed by atoms with E-state index < -0.39 is 0 Å². The van der Waals surface area contributed by atoms with E-state index in [4.69, 9.17) is 13.3 Å². The average molecular weight is 1240 g/mol.